The number of amides is 3. The first-order valence-electron chi connectivity index (χ1n) is 12.7. The number of alkyl halides is 1. The average Bonchev–Trinajstić information content (AvgIpc) is 3.50. The summed E-state index contributed by atoms with van der Waals surface area (Å²) in [5.41, 5.74) is 1.85. The van der Waals surface area contributed by atoms with Crippen LogP contribution in [0.15, 0.2) is 54.7 Å². The number of hydrogen-bond acceptors (Lipinski definition) is 5. The van der Waals surface area contributed by atoms with Crippen molar-refractivity contribution in [2.24, 2.45) is 0 Å². The van der Waals surface area contributed by atoms with Crippen molar-refractivity contribution in [2.75, 3.05) is 6.54 Å². The van der Waals surface area contributed by atoms with Gasteiger partial charge in [-0.3, -0.25) is 14.4 Å². The minimum Gasteiger partial charge on any atom is -0.410 e. The third-order valence-electron chi connectivity index (χ3n) is 6.83. The van der Waals surface area contributed by atoms with Crippen molar-refractivity contribution in [3.8, 4) is 5.75 Å². The third-order valence-corrected chi connectivity index (χ3v) is 6.83. The molecule has 5 rings (SSSR count). The molecule has 0 bridgehead atoms. The lowest BCUT2D eigenvalue weighted by Gasteiger charge is -2.24. The second-order valence-corrected chi connectivity index (χ2v) is 9.81. The average molecular weight is 521 g/mol. The Morgan fingerprint density at radius 3 is 2.55 bits per heavy atom. The maximum Gasteiger partial charge on any atom is 0.412 e. The fourth-order valence-electron chi connectivity index (χ4n) is 4.73. The SMILES string of the molecule is CC(=O)c1cn(CC(=O)N2C[C@H](F)C[C@H]2C(=O)NCc2ccccc2)c2ccc(OC(=O)NC3CC3)cc12. The lowest BCUT2D eigenvalue weighted by Crippen LogP contribution is -2.46. The lowest BCUT2D eigenvalue weighted by atomic mass is 10.1. The Kier molecular flexibility index (Phi) is 7.13. The van der Waals surface area contributed by atoms with Crippen molar-refractivity contribution in [3.05, 3.63) is 65.9 Å². The van der Waals surface area contributed by atoms with Gasteiger partial charge in [-0.05, 0) is 43.5 Å². The predicted molar refractivity (Wildman–Crippen MR) is 137 cm³/mol. The molecule has 38 heavy (non-hydrogen) atoms. The molecule has 0 unspecified atom stereocenters. The van der Waals surface area contributed by atoms with Gasteiger partial charge in [-0.1, -0.05) is 30.3 Å². The van der Waals surface area contributed by atoms with Crippen LogP contribution in [-0.4, -0.2) is 58.0 Å². The van der Waals surface area contributed by atoms with Crippen LogP contribution >= 0.6 is 0 Å². The zero-order valence-electron chi connectivity index (χ0n) is 21.0. The molecule has 198 valence electrons. The number of carbonyl (C=O) groups excluding carboxylic acids is 4. The van der Waals surface area contributed by atoms with E-state index in [-0.39, 0.29) is 43.6 Å². The normalized spacial score (nSPS) is 18.8. The number of nitrogens with zero attached hydrogens (tertiary/aromatic N) is 2. The van der Waals surface area contributed by atoms with Crippen LogP contribution in [0.25, 0.3) is 10.9 Å². The lowest BCUT2D eigenvalue weighted by molar-refractivity contribution is -0.139. The van der Waals surface area contributed by atoms with Crippen LogP contribution in [0.5, 0.6) is 5.75 Å². The Labute approximate surface area is 218 Å². The van der Waals surface area contributed by atoms with Gasteiger partial charge in [0.25, 0.3) is 0 Å². The van der Waals surface area contributed by atoms with E-state index in [1.807, 2.05) is 30.3 Å². The summed E-state index contributed by atoms with van der Waals surface area (Å²) in [5, 5.41) is 6.07. The highest BCUT2D eigenvalue weighted by molar-refractivity contribution is 6.07. The molecule has 1 aliphatic carbocycles. The molecule has 2 heterocycles. The summed E-state index contributed by atoms with van der Waals surface area (Å²) in [6, 6.07) is 13.4. The molecule has 2 fully saturated rings. The number of carbonyl (C=O) groups is 4. The highest BCUT2D eigenvalue weighted by Crippen LogP contribution is 2.28. The molecule has 3 aromatic rings. The molecule has 1 saturated heterocycles. The van der Waals surface area contributed by atoms with E-state index in [1.54, 1.807) is 29.0 Å². The number of benzene rings is 2. The standard InChI is InChI=1S/C28H29FN4O5/c1-17(34)23-15-32(24-10-9-21(12-22(23)24)38-28(37)31-20-7-8-20)16-26(35)33-14-19(29)11-25(33)27(36)30-13-18-5-3-2-4-6-18/h2-6,9-10,12,15,19-20,25H,7-8,11,13-14,16H2,1H3,(H,30,36)(H,31,37)/t19-,25+/m1/s1. The van der Waals surface area contributed by atoms with Crippen LogP contribution in [0.1, 0.15) is 42.1 Å². The molecule has 1 aromatic heterocycles. The van der Waals surface area contributed by atoms with Crippen molar-refractivity contribution in [1.29, 1.82) is 0 Å². The largest absolute Gasteiger partial charge is 0.412 e. The number of rotatable bonds is 8. The second kappa shape index (κ2) is 10.6. The highest BCUT2D eigenvalue weighted by atomic mass is 19.1. The molecule has 1 aliphatic heterocycles. The van der Waals surface area contributed by atoms with Crippen molar-refractivity contribution < 1.29 is 28.3 Å². The maximum absolute atomic E-state index is 14.4. The number of nitrogens with one attached hydrogen (secondary N) is 2. The van der Waals surface area contributed by atoms with Gasteiger partial charge < -0.3 is 24.8 Å². The molecular formula is C28H29FN4O5. The van der Waals surface area contributed by atoms with Crippen LogP contribution in [0.3, 0.4) is 0 Å². The summed E-state index contributed by atoms with van der Waals surface area (Å²) in [6.45, 7) is 1.34. The van der Waals surface area contributed by atoms with Gasteiger partial charge in [0, 0.05) is 41.7 Å². The number of Topliss-reactive ketones (excluding diaryl/α,β-unsaturated/α-hetero) is 1. The van der Waals surface area contributed by atoms with Crippen molar-refractivity contribution in [3.63, 3.8) is 0 Å². The predicted octanol–water partition coefficient (Wildman–Crippen LogP) is 3.35. The van der Waals surface area contributed by atoms with Crippen LogP contribution in [0.4, 0.5) is 9.18 Å². The zero-order chi connectivity index (χ0) is 26.8. The smallest absolute Gasteiger partial charge is 0.410 e. The monoisotopic (exact) mass is 520 g/mol. The first-order valence-corrected chi connectivity index (χ1v) is 12.7. The fraction of sp³-hybridized carbons (Fsp3) is 0.357. The van der Waals surface area contributed by atoms with E-state index in [0.717, 1.165) is 18.4 Å². The molecule has 1 saturated carbocycles. The minimum atomic E-state index is -1.30. The summed E-state index contributed by atoms with van der Waals surface area (Å²) in [5.74, 6) is -0.780. The summed E-state index contributed by atoms with van der Waals surface area (Å²) in [7, 11) is 0. The minimum absolute atomic E-state index is 0.0683. The van der Waals surface area contributed by atoms with Gasteiger partial charge in [-0.2, -0.15) is 0 Å². The first-order chi connectivity index (χ1) is 18.3. The summed E-state index contributed by atoms with van der Waals surface area (Å²) in [6.07, 6.45) is 1.48. The molecule has 2 aliphatic rings. The van der Waals surface area contributed by atoms with E-state index in [0.29, 0.717) is 16.5 Å². The number of likely N-dealkylation sites (tertiary alicyclic amines) is 1. The van der Waals surface area contributed by atoms with Crippen LogP contribution in [0, 0.1) is 0 Å². The molecular weight excluding hydrogens is 491 g/mol. The van der Waals surface area contributed by atoms with Crippen molar-refractivity contribution in [2.45, 2.75) is 57.5 Å². The zero-order valence-corrected chi connectivity index (χ0v) is 21.0. The molecule has 0 spiro atoms. The van der Waals surface area contributed by atoms with Gasteiger partial charge in [-0.15, -0.1) is 0 Å². The number of halogens is 1. The fourth-order valence-corrected chi connectivity index (χ4v) is 4.73. The number of fused-ring (bicyclic) bond motifs is 1. The quantitative estimate of drug-likeness (QED) is 0.443. The Hall–Kier alpha value is -4.21. The van der Waals surface area contributed by atoms with Crippen LogP contribution in [0.2, 0.25) is 0 Å². The third kappa shape index (κ3) is 5.69. The molecule has 2 aromatic carbocycles. The first kappa shape index (κ1) is 25.4. The molecule has 0 radical (unpaired) electrons. The van der Waals surface area contributed by atoms with E-state index in [4.69, 9.17) is 4.74 Å². The second-order valence-electron chi connectivity index (χ2n) is 9.81. The topological polar surface area (TPSA) is 110 Å². The summed E-state index contributed by atoms with van der Waals surface area (Å²) in [4.78, 5) is 51.8. The Bertz CT molecular complexity index is 1380. The van der Waals surface area contributed by atoms with Gasteiger partial charge in [-0.25, -0.2) is 9.18 Å². The van der Waals surface area contributed by atoms with Crippen LogP contribution < -0.4 is 15.4 Å². The van der Waals surface area contributed by atoms with E-state index in [1.165, 1.54) is 11.8 Å². The van der Waals surface area contributed by atoms with Gasteiger partial charge in [0.05, 0.1) is 6.54 Å². The van der Waals surface area contributed by atoms with Gasteiger partial charge in [0.1, 0.15) is 24.5 Å². The Balaban J connectivity index is 1.31. The summed E-state index contributed by atoms with van der Waals surface area (Å²) < 4.78 is 21.3. The molecule has 10 heteroatoms. The van der Waals surface area contributed by atoms with Crippen molar-refractivity contribution in [1.82, 2.24) is 20.1 Å². The molecule has 3 amide bonds. The number of hydrogen-bond donors (Lipinski definition) is 2. The molecule has 2 N–H and O–H groups in total. The Morgan fingerprint density at radius 2 is 1.84 bits per heavy atom. The van der Waals surface area contributed by atoms with Crippen LogP contribution in [-0.2, 0) is 22.7 Å². The molecule has 2 atom stereocenters. The maximum atomic E-state index is 14.4. The molecule has 9 nitrogen and oxygen atoms in total. The van der Waals surface area contributed by atoms with E-state index in [9.17, 15) is 23.6 Å². The van der Waals surface area contributed by atoms with E-state index in [2.05, 4.69) is 10.6 Å². The van der Waals surface area contributed by atoms with Crippen molar-refractivity contribution >= 4 is 34.6 Å². The van der Waals surface area contributed by atoms with Gasteiger partial charge >= 0.3 is 6.09 Å². The summed E-state index contributed by atoms with van der Waals surface area (Å²) >= 11 is 0. The van der Waals surface area contributed by atoms with Gasteiger partial charge in [0.2, 0.25) is 11.8 Å². The Morgan fingerprint density at radius 1 is 1.08 bits per heavy atom. The number of ether oxygens (including phenoxy) is 1. The number of ketones is 1. The van der Waals surface area contributed by atoms with Gasteiger partial charge in [0.15, 0.2) is 5.78 Å². The number of aromatic nitrogens is 1. The highest BCUT2D eigenvalue weighted by Gasteiger charge is 2.39. The van der Waals surface area contributed by atoms with E-state index >= 15 is 0 Å². The van der Waals surface area contributed by atoms with E-state index < -0.39 is 30.1 Å².